The minimum Gasteiger partial charge on any atom is -0.487 e. The lowest BCUT2D eigenvalue weighted by molar-refractivity contribution is 0.0243. The van der Waals surface area contributed by atoms with Crippen molar-refractivity contribution >= 4 is 0 Å². The smallest absolute Gasteiger partial charge is 0.130 e. The van der Waals surface area contributed by atoms with Crippen LogP contribution in [0.4, 0.5) is 0 Å². The number of benzene rings is 1. The Labute approximate surface area is 168 Å². The molecule has 4 rings (SSSR count). The monoisotopic (exact) mass is 381 g/mol. The van der Waals surface area contributed by atoms with E-state index in [2.05, 4.69) is 39.0 Å². The Hall–Kier alpha value is -1.95. The van der Waals surface area contributed by atoms with Crippen molar-refractivity contribution in [3.8, 4) is 5.75 Å². The van der Waals surface area contributed by atoms with Crippen molar-refractivity contribution in [3.63, 3.8) is 0 Å². The largest absolute Gasteiger partial charge is 0.487 e. The van der Waals surface area contributed by atoms with Gasteiger partial charge in [-0.1, -0.05) is 18.2 Å². The first kappa shape index (κ1) is 19.4. The van der Waals surface area contributed by atoms with Gasteiger partial charge in [-0.2, -0.15) is 0 Å². The van der Waals surface area contributed by atoms with E-state index in [0.29, 0.717) is 12.6 Å². The normalized spacial score (nSPS) is 22.2. The summed E-state index contributed by atoms with van der Waals surface area (Å²) in [5.41, 5.74) is 2.27. The second-order valence-electron chi connectivity index (χ2n) is 8.05. The zero-order valence-corrected chi connectivity index (χ0v) is 16.5. The Morgan fingerprint density at radius 1 is 1.00 bits per heavy atom. The lowest BCUT2D eigenvalue weighted by Gasteiger charge is -2.41. The second kappa shape index (κ2) is 9.50. The van der Waals surface area contributed by atoms with Gasteiger partial charge in [0, 0.05) is 25.3 Å². The first-order valence-corrected chi connectivity index (χ1v) is 10.5. The van der Waals surface area contributed by atoms with Crippen LogP contribution in [0.2, 0.25) is 0 Å². The maximum atomic E-state index is 9.92. The van der Waals surface area contributed by atoms with Gasteiger partial charge in [0.25, 0.3) is 0 Å². The third-order valence-electron chi connectivity index (χ3n) is 5.94. The van der Waals surface area contributed by atoms with Gasteiger partial charge in [0.2, 0.25) is 0 Å². The van der Waals surface area contributed by atoms with E-state index in [1.807, 2.05) is 18.2 Å². The summed E-state index contributed by atoms with van der Waals surface area (Å²) in [6.07, 6.45) is 6.19. The van der Waals surface area contributed by atoms with Gasteiger partial charge in [0.15, 0.2) is 0 Å². The third kappa shape index (κ3) is 5.31. The van der Waals surface area contributed by atoms with Crippen LogP contribution in [-0.2, 0) is 13.2 Å². The number of rotatable bonds is 6. The van der Waals surface area contributed by atoms with Crippen LogP contribution in [0.25, 0.3) is 0 Å². The molecule has 1 aromatic heterocycles. The molecule has 150 valence electrons. The summed E-state index contributed by atoms with van der Waals surface area (Å²) < 4.78 is 5.82. The molecule has 2 saturated heterocycles. The maximum Gasteiger partial charge on any atom is 0.130 e. The molecule has 0 saturated carbocycles. The SMILES string of the molecule is OC1CCCN(C2CCN(Cc3ccc(OCc4ccccn4)cc3)CC2)C1. The van der Waals surface area contributed by atoms with Crippen molar-refractivity contribution in [1.29, 1.82) is 0 Å². The fourth-order valence-electron chi connectivity index (χ4n) is 4.35. The zero-order chi connectivity index (χ0) is 19.2. The highest BCUT2D eigenvalue weighted by Gasteiger charge is 2.28. The van der Waals surface area contributed by atoms with Gasteiger partial charge in [0.05, 0.1) is 11.8 Å². The van der Waals surface area contributed by atoms with Gasteiger partial charge in [-0.15, -0.1) is 0 Å². The van der Waals surface area contributed by atoms with E-state index in [9.17, 15) is 5.11 Å². The Kier molecular flexibility index (Phi) is 6.57. The zero-order valence-electron chi connectivity index (χ0n) is 16.5. The number of nitrogens with zero attached hydrogens (tertiary/aromatic N) is 3. The molecule has 1 unspecified atom stereocenters. The predicted octanol–water partition coefficient (Wildman–Crippen LogP) is 3.08. The molecule has 3 heterocycles. The summed E-state index contributed by atoms with van der Waals surface area (Å²) in [6, 6.07) is 15.0. The quantitative estimate of drug-likeness (QED) is 0.833. The standard InChI is InChI=1S/C23H31N3O2/c27-22-5-3-13-26(17-22)21-10-14-25(15-11-21)16-19-6-8-23(9-7-19)28-18-20-4-1-2-12-24-20/h1-2,4,6-9,12,21-22,27H,3,5,10-11,13-18H2. The lowest BCUT2D eigenvalue weighted by Crippen LogP contribution is -2.49. The molecule has 0 aliphatic carbocycles. The number of aliphatic hydroxyl groups excluding tert-OH is 1. The van der Waals surface area contributed by atoms with E-state index in [0.717, 1.165) is 57.0 Å². The highest BCUT2D eigenvalue weighted by Crippen LogP contribution is 2.23. The number of pyridine rings is 1. The number of β-amino-alcohol motifs (C(OH)–C–C–N with tert-alkyl or cyclic N) is 1. The number of aliphatic hydroxyl groups is 1. The molecule has 0 spiro atoms. The minimum absolute atomic E-state index is 0.120. The van der Waals surface area contributed by atoms with E-state index in [1.165, 1.54) is 18.4 Å². The molecule has 0 radical (unpaired) electrons. The molecule has 5 nitrogen and oxygen atoms in total. The fourth-order valence-corrected chi connectivity index (χ4v) is 4.35. The summed E-state index contributed by atoms with van der Waals surface area (Å²) in [5, 5.41) is 9.92. The highest BCUT2D eigenvalue weighted by molar-refractivity contribution is 5.27. The molecule has 0 bridgehead atoms. The average Bonchev–Trinajstić information content (AvgIpc) is 2.75. The fraction of sp³-hybridized carbons (Fsp3) is 0.522. The van der Waals surface area contributed by atoms with Crippen LogP contribution in [0, 0.1) is 0 Å². The van der Waals surface area contributed by atoms with Gasteiger partial charge in [-0.25, -0.2) is 0 Å². The molecule has 1 atom stereocenters. The molecule has 2 aromatic rings. The van der Waals surface area contributed by atoms with E-state index in [4.69, 9.17) is 4.74 Å². The Morgan fingerprint density at radius 2 is 1.82 bits per heavy atom. The molecular weight excluding hydrogens is 350 g/mol. The Balaban J connectivity index is 1.22. The summed E-state index contributed by atoms with van der Waals surface area (Å²) in [4.78, 5) is 9.34. The number of piperidine rings is 2. The number of ether oxygens (including phenoxy) is 1. The maximum absolute atomic E-state index is 9.92. The van der Waals surface area contributed by atoms with Crippen molar-refractivity contribution < 1.29 is 9.84 Å². The molecule has 1 aromatic carbocycles. The summed E-state index contributed by atoms with van der Waals surface area (Å²) in [7, 11) is 0. The van der Waals surface area contributed by atoms with Crippen LogP contribution in [0.5, 0.6) is 5.75 Å². The van der Waals surface area contributed by atoms with Crippen LogP contribution in [-0.4, -0.2) is 58.2 Å². The van der Waals surface area contributed by atoms with E-state index >= 15 is 0 Å². The number of aromatic nitrogens is 1. The highest BCUT2D eigenvalue weighted by atomic mass is 16.5. The third-order valence-corrected chi connectivity index (χ3v) is 5.94. The molecule has 5 heteroatoms. The van der Waals surface area contributed by atoms with E-state index in [-0.39, 0.29) is 6.10 Å². The van der Waals surface area contributed by atoms with Crippen LogP contribution in [0.1, 0.15) is 36.9 Å². The van der Waals surface area contributed by atoms with Gasteiger partial charge in [0.1, 0.15) is 12.4 Å². The van der Waals surface area contributed by atoms with Gasteiger partial charge in [-0.05, 0) is 75.1 Å². The molecular formula is C23H31N3O2. The molecule has 28 heavy (non-hydrogen) atoms. The Bertz CT molecular complexity index is 714. The molecule has 0 amide bonds. The first-order chi connectivity index (χ1) is 13.8. The van der Waals surface area contributed by atoms with Crippen LogP contribution < -0.4 is 4.74 Å². The van der Waals surface area contributed by atoms with Gasteiger partial charge in [-0.3, -0.25) is 14.8 Å². The molecule has 2 aliphatic rings. The van der Waals surface area contributed by atoms with Crippen molar-refractivity contribution in [3.05, 3.63) is 59.9 Å². The summed E-state index contributed by atoms with van der Waals surface area (Å²) in [6.45, 7) is 5.78. The number of likely N-dealkylation sites (tertiary alicyclic amines) is 2. The average molecular weight is 382 g/mol. The van der Waals surface area contributed by atoms with Gasteiger partial charge < -0.3 is 9.84 Å². The van der Waals surface area contributed by atoms with Crippen molar-refractivity contribution in [2.24, 2.45) is 0 Å². The Morgan fingerprint density at radius 3 is 2.54 bits per heavy atom. The van der Waals surface area contributed by atoms with E-state index < -0.39 is 0 Å². The van der Waals surface area contributed by atoms with Crippen LogP contribution in [0.3, 0.4) is 0 Å². The predicted molar refractivity (Wildman–Crippen MR) is 110 cm³/mol. The van der Waals surface area contributed by atoms with Crippen LogP contribution >= 0.6 is 0 Å². The second-order valence-corrected chi connectivity index (χ2v) is 8.05. The van der Waals surface area contributed by atoms with Crippen molar-refractivity contribution in [1.82, 2.24) is 14.8 Å². The number of hydrogen-bond acceptors (Lipinski definition) is 5. The first-order valence-electron chi connectivity index (χ1n) is 10.5. The topological polar surface area (TPSA) is 48.8 Å². The van der Waals surface area contributed by atoms with Crippen molar-refractivity contribution in [2.75, 3.05) is 26.2 Å². The molecule has 1 N–H and O–H groups in total. The summed E-state index contributed by atoms with van der Waals surface area (Å²) in [5.74, 6) is 0.886. The van der Waals surface area contributed by atoms with E-state index in [1.54, 1.807) is 6.20 Å². The summed E-state index contributed by atoms with van der Waals surface area (Å²) >= 11 is 0. The molecule has 2 aliphatic heterocycles. The minimum atomic E-state index is -0.120. The lowest BCUT2D eigenvalue weighted by atomic mass is 9.98. The number of hydrogen-bond donors (Lipinski definition) is 1. The van der Waals surface area contributed by atoms with Crippen molar-refractivity contribution in [2.45, 2.75) is 51.0 Å². The van der Waals surface area contributed by atoms with Crippen LogP contribution in [0.15, 0.2) is 48.7 Å². The van der Waals surface area contributed by atoms with Gasteiger partial charge >= 0.3 is 0 Å². The molecule has 2 fully saturated rings.